The molecule has 15 heteroatoms. The van der Waals surface area contributed by atoms with Crippen LogP contribution in [-0.4, -0.2) is 59.3 Å². The van der Waals surface area contributed by atoms with Crippen LogP contribution in [-0.2, 0) is 33.9 Å². The molecule has 7 N–H and O–H groups in total. The molecule has 0 aliphatic rings. The lowest BCUT2D eigenvalue weighted by molar-refractivity contribution is -0.139. The van der Waals surface area contributed by atoms with Crippen molar-refractivity contribution in [2.45, 2.75) is 58.4 Å². The van der Waals surface area contributed by atoms with E-state index in [0.29, 0.717) is 24.0 Å². The maximum atomic E-state index is 13.6. The minimum absolute atomic E-state index is 0.0170. The van der Waals surface area contributed by atoms with Crippen molar-refractivity contribution < 1.29 is 29.3 Å². The molecule has 2 aromatic heterocycles. The number of carboxylic acid groups (broad SMARTS) is 1. The Morgan fingerprint density at radius 3 is 2.18 bits per heavy atom. The molecule has 2 heterocycles. The van der Waals surface area contributed by atoms with Gasteiger partial charge in [-0.15, -0.1) is 0 Å². The van der Waals surface area contributed by atoms with E-state index in [-0.39, 0.29) is 48.0 Å². The van der Waals surface area contributed by atoms with Crippen molar-refractivity contribution in [3.05, 3.63) is 74.9 Å². The molecule has 4 rings (SSSR count). The number of hydrogen-bond donors (Lipinski definition) is 5. The highest BCUT2D eigenvalue weighted by Crippen LogP contribution is 2.28. The molecular formula is C30H35N7O8. The lowest BCUT2D eigenvalue weighted by atomic mass is 10.1. The zero-order valence-electron chi connectivity index (χ0n) is 24.8. The van der Waals surface area contributed by atoms with Crippen molar-refractivity contribution in [3.8, 4) is 22.9 Å². The fourth-order valence-electron chi connectivity index (χ4n) is 4.90. The molecule has 45 heavy (non-hydrogen) atoms. The molecule has 0 fully saturated rings. The molecule has 0 spiro atoms. The first-order chi connectivity index (χ1) is 21.5. The molecule has 1 unspecified atom stereocenters. The van der Waals surface area contributed by atoms with E-state index in [9.17, 15) is 29.1 Å². The number of nitrogens with zero attached hydrogens (tertiary/aromatic N) is 4. The quantitative estimate of drug-likeness (QED) is 0.132. The van der Waals surface area contributed by atoms with Crippen LogP contribution in [0.3, 0.4) is 0 Å². The van der Waals surface area contributed by atoms with E-state index in [0.717, 1.165) is 4.57 Å². The van der Waals surface area contributed by atoms with Gasteiger partial charge in [-0.1, -0.05) is 26.0 Å². The first-order valence-corrected chi connectivity index (χ1v) is 14.3. The fourth-order valence-corrected chi connectivity index (χ4v) is 4.90. The summed E-state index contributed by atoms with van der Waals surface area (Å²) in [7, 11) is 0. The van der Waals surface area contributed by atoms with Gasteiger partial charge >= 0.3 is 11.7 Å². The van der Waals surface area contributed by atoms with Gasteiger partial charge in [-0.25, -0.2) is 14.6 Å². The van der Waals surface area contributed by atoms with Gasteiger partial charge in [-0.05, 0) is 61.2 Å². The minimum atomic E-state index is -1.63. The van der Waals surface area contributed by atoms with Gasteiger partial charge in [0.2, 0.25) is 5.91 Å². The maximum Gasteiger partial charge on any atom is 0.341 e. The Kier molecular flexibility index (Phi) is 10.0. The molecule has 0 bridgehead atoms. The fraction of sp³-hybridized carbons (Fsp3) is 0.333. The van der Waals surface area contributed by atoms with Crippen LogP contribution < -0.4 is 32.8 Å². The van der Waals surface area contributed by atoms with Crippen LogP contribution in [0.1, 0.15) is 38.4 Å². The normalized spacial score (nSPS) is 12.5. The van der Waals surface area contributed by atoms with Gasteiger partial charge < -0.3 is 31.7 Å². The number of phenolic OH excluding ortho intramolecular Hbond substituents is 1. The molecule has 15 nitrogen and oxygen atoms in total. The average Bonchev–Trinajstić information content (AvgIpc) is 3.40. The summed E-state index contributed by atoms with van der Waals surface area (Å²) < 4.78 is 8.85. The second kappa shape index (κ2) is 13.9. The van der Waals surface area contributed by atoms with Gasteiger partial charge in [0, 0.05) is 18.7 Å². The number of aliphatic carboxylic acids is 1. The van der Waals surface area contributed by atoms with E-state index >= 15 is 0 Å². The number of primary amides is 1. The predicted molar refractivity (Wildman–Crippen MR) is 164 cm³/mol. The highest BCUT2D eigenvalue weighted by molar-refractivity contribution is 5.90. The third-order valence-electron chi connectivity index (χ3n) is 6.96. The smallest absolute Gasteiger partial charge is 0.341 e. The number of aromatic hydroxyl groups is 1. The zero-order chi connectivity index (χ0) is 32.8. The summed E-state index contributed by atoms with van der Waals surface area (Å²) in [6, 6.07) is 11.0. The van der Waals surface area contributed by atoms with Crippen molar-refractivity contribution in [1.29, 1.82) is 0 Å². The third-order valence-corrected chi connectivity index (χ3v) is 6.96. The SMILES string of the molecule is CCCn1c(=O)c2nc(-c3ccc(OCC(=O)O)cc3)n(C(NC(=O)[C@@H](N)Cc3ccc(O)cc3)C(N)=O)c2n(CCC)c1=O. The third kappa shape index (κ3) is 7.04. The molecule has 2 atom stereocenters. The summed E-state index contributed by atoms with van der Waals surface area (Å²) in [4.78, 5) is 69.0. The number of ether oxygens (including phenoxy) is 1. The molecule has 0 aliphatic heterocycles. The van der Waals surface area contributed by atoms with Crippen LogP contribution in [0.15, 0.2) is 58.1 Å². The topological polar surface area (TPSA) is 227 Å². The van der Waals surface area contributed by atoms with E-state index in [1.807, 2.05) is 13.8 Å². The minimum Gasteiger partial charge on any atom is -0.508 e. The summed E-state index contributed by atoms with van der Waals surface area (Å²) in [6.07, 6.45) is -0.581. The number of carbonyl (C=O) groups is 3. The molecule has 0 radical (unpaired) electrons. The van der Waals surface area contributed by atoms with Crippen molar-refractivity contribution in [2.24, 2.45) is 11.5 Å². The molecule has 0 saturated carbocycles. The second-order valence-corrected chi connectivity index (χ2v) is 10.4. The van der Waals surface area contributed by atoms with Crippen LogP contribution in [0, 0.1) is 0 Å². The van der Waals surface area contributed by atoms with Crippen LogP contribution in [0.25, 0.3) is 22.6 Å². The lowest BCUT2D eigenvalue weighted by Crippen LogP contribution is -2.49. The Morgan fingerprint density at radius 2 is 1.60 bits per heavy atom. The van der Waals surface area contributed by atoms with Crippen molar-refractivity contribution >= 4 is 28.9 Å². The maximum absolute atomic E-state index is 13.6. The predicted octanol–water partition coefficient (Wildman–Crippen LogP) is 0.686. The summed E-state index contributed by atoms with van der Waals surface area (Å²) in [5, 5.41) is 21.0. The molecule has 0 saturated heterocycles. The van der Waals surface area contributed by atoms with Crippen molar-refractivity contribution in [1.82, 2.24) is 24.0 Å². The number of fused-ring (bicyclic) bond motifs is 1. The number of aryl methyl sites for hydroxylation is 1. The summed E-state index contributed by atoms with van der Waals surface area (Å²) in [5.74, 6) is -2.63. The number of aromatic nitrogens is 4. The number of phenols is 1. The van der Waals surface area contributed by atoms with E-state index in [1.165, 1.54) is 45.5 Å². The zero-order valence-corrected chi connectivity index (χ0v) is 24.8. The molecule has 2 aromatic carbocycles. The van der Waals surface area contributed by atoms with Crippen LogP contribution in [0.4, 0.5) is 0 Å². The van der Waals surface area contributed by atoms with Crippen LogP contribution >= 0.6 is 0 Å². The lowest BCUT2D eigenvalue weighted by Gasteiger charge is -2.23. The standard InChI is InChI=1S/C30H35N7O8/c1-3-13-35-28-23(29(43)36(14-4-2)30(35)44)33-25(18-7-11-20(12-8-18)45-16-22(39)40)37(28)26(24(32)41)34-27(42)21(31)15-17-5-9-19(38)10-6-17/h5-12,21,26,38H,3-4,13-16,31H2,1-2H3,(H2,32,41)(H,34,42)(H,39,40)/t21-,26?/m0/s1. The Balaban J connectivity index is 1.90. The Hall–Kier alpha value is -5.44. The number of nitrogens with one attached hydrogen (secondary N) is 1. The second-order valence-electron chi connectivity index (χ2n) is 10.4. The van der Waals surface area contributed by atoms with Gasteiger partial charge in [0.15, 0.2) is 23.9 Å². The molecule has 4 aromatic rings. The van der Waals surface area contributed by atoms with Crippen molar-refractivity contribution in [2.75, 3.05) is 6.61 Å². The van der Waals surface area contributed by atoms with Crippen molar-refractivity contribution in [3.63, 3.8) is 0 Å². The van der Waals surface area contributed by atoms with E-state index in [2.05, 4.69) is 10.3 Å². The average molecular weight is 622 g/mol. The highest BCUT2D eigenvalue weighted by atomic mass is 16.5. The first kappa shape index (κ1) is 32.5. The number of hydrogen-bond acceptors (Lipinski definition) is 9. The van der Waals surface area contributed by atoms with Gasteiger partial charge in [0.25, 0.3) is 11.5 Å². The Morgan fingerprint density at radius 1 is 0.978 bits per heavy atom. The van der Waals surface area contributed by atoms with Gasteiger partial charge in [-0.3, -0.25) is 28.1 Å². The summed E-state index contributed by atoms with van der Waals surface area (Å²) in [6.45, 7) is 3.38. The number of imidazole rings is 1. The van der Waals surface area contributed by atoms with E-state index in [1.54, 1.807) is 12.1 Å². The van der Waals surface area contributed by atoms with Gasteiger partial charge in [-0.2, -0.15) is 0 Å². The summed E-state index contributed by atoms with van der Waals surface area (Å²) >= 11 is 0. The van der Waals surface area contributed by atoms with Crippen LogP contribution in [0.5, 0.6) is 11.5 Å². The summed E-state index contributed by atoms with van der Waals surface area (Å²) in [5.41, 5.74) is 11.6. The molecule has 2 amide bonds. The number of nitrogens with two attached hydrogens (primary N) is 2. The van der Waals surface area contributed by atoms with Crippen LogP contribution in [0.2, 0.25) is 0 Å². The van der Waals surface area contributed by atoms with E-state index in [4.69, 9.17) is 21.3 Å². The number of carboxylic acids is 1. The number of amides is 2. The van der Waals surface area contributed by atoms with E-state index < -0.39 is 47.8 Å². The van der Waals surface area contributed by atoms with Gasteiger partial charge in [0.05, 0.1) is 6.04 Å². The monoisotopic (exact) mass is 621 g/mol. The first-order valence-electron chi connectivity index (χ1n) is 14.3. The molecular weight excluding hydrogens is 586 g/mol. The number of benzene rings is 2. The Labute approximate surface area is 256 Å². The number of rotatable bonds is 14. The molecule has 0 aliphatic carbocycles. The highest BCUT2D eigenvalue weighted by Gasteiger charge is 2.31. The number of carbonyl (C=O) groups excluding carboxylic acids is 2. The Bertz CT molecular complexity index is 1820. The largest absolute Gasteiger partial charge is 0.508 e. The van der Waals surface area contributed by atoms with Gasteiger partial charge in [0.1, 0.15) is 17.3 Å². The molecule has 238 valence electrons.